The lowest BCUT2D eigenvalue weighted by Gasteiger charge is -2.05. The molecule has 1 N–H and O–H groups in total. The van der Waals surface area contributed by atoms with Crippen molar-refractivity contribution in [3.63, 3.8) is 0 Å². The van der Waals surface area contributed by atoms with E-state index < -0.39 is 5.82 Å². The van der Waals surface area contributed by atoms with Crippen molar-refractivity contribution in [1.29, 1.82) is 0 Å². The number of carbonyl (C=O) groups is 1. The van der Waals surface area contributed by atoms with Crippen LogP contribution in [0.1, 0.15) is 5.56 Å². The van der Waals surface area contributed by atoms with Crippen LogP contribution < -0.4 is 5.32 Å². The normalized spacial score (nSPS) is 9.94. The van der Waals surface area contributed by atoms with E-state index in [1.807, 2.05) is 0 Å². The Balaban J connectivity index is 2.01. The largest absolute Gasteiger partial charge is 0.323 e. The van der Waals surface area contributed by atoms with Crippen molar-refractivity contribution < 1.29 is 9.18 Å². The molecular formula is C13H11FN2O. The van der Waals surface area contributed by atoms with Crippen LogP contribution in [0.25, 0.3) is 0 Å². The number of aromatic nitrogens is 1. The van der Waals surface area contributed by atoms with Crippen LogP contribution in [0.15, 0.2) is 48.8 Å². The van der Waals surface area contributed by atoms with Crippen molar-refractivity contribution in [3.8, 4) is 0 Å². The van der Waals surface area contributed by atoms with Crippen LogP contribution in [-0.2, 0) is 11.2 Å². The highest BCUT2D eigenvalue weighted by molar-refractivity contribution is 5.92. The lowest BCUT2D eigenvalue weighted by molar-refractivity contribution is -0.115. The third-order valence-corrected chi connectivity index (χ3v) is 2.24. The number of para-hydroxylation sites is 1. The summed E-state index contributed by atoms with van der Waals surface area (Å²) >= 11 is 0. The molecule has 0 bridgehead atoms. The van der Waals surface area contributed by atoms with Gasteiger partial charge < -0.3 is 5.32 Å². The number of rotatable bonds is 3. The van der Waals surface area contributed by atoms with Crippen LogP contribution in [0, 0.1) is 5.82 Å². The predicted molar refractivity (Wildman–Crippen MR) is 63.0 cm³/mol. The van der Waals surface area contributed by atoms with E-state index in [0.717, 1.165) is 5.56 Å². The molecule has 0 saturated heterocycles. The number of amides is 1. The molecule has 0 spiro atoms. The quantitative estimate of drug-likeness (QED) is 0.879. The van der Waals surface area contributed by atoms with Gasteiger partial charge in [-0.25, -0.2) is 4.39 Å². The molecule has 17 heavy (non-hydrogen) atoms. The third kappa shape index (κ3) is 3.11. The lowest BCUT2D eigenvalue weighted by atomic mass is 10.2. The summed E-state index contributed by atoms with van der Waals surface area (Å²) in [5.41, 5.74) is 0.989. The van der Waals surface area contributed by atoms with Gasteiger partial charge in [-0.2, -0.15) is 0 Å². The number of hydrogen-bond donors (Lipinski definition) is 1. The predicted octanol–water partition coefficient (Wildman–Crippen LogP) is 2.40. The van der Waals surface area contributed by atoms with Crippen LogP contribution in [0.3, 0.4) is 0 Å². The zero-order chi connectivity index (χ0) is 12.1. The fourth-order valence-electron chi connectivity index (χ4n) is 1.45. The molecule has 2 rings (SSSR count). The molecule has 3 nitrogen and oxygen atoms in total. The highest BCUT2D eigenvalue weighted by Gasteiger charge is 2.06. The highest BCUT2D eigenvalue weighted by atomic mass is 19.1. The Morgan fingerprint density at radius 2 is 2.06 bits per heavy atom. The zero-order valence-electron chi connectivity index (χ0n) is 9.06. The molecule has 0 aliphatic carbocycles. The molecule has 0 radical (unpaired) electrons. The summed E-state index contributed by atoms with van der Waals surface area (Å²) in [6.45, 7) is 0. The molecule has 0 unspecified atom stereocenters. The number of nitrogens with one attached hydrogen (secondary N) is 1. The molecule has 0 saturated carbocycles. The number of anilines is 1. The second-order valence-corrected chi connectivity index (χ2v) is 3.57. The number of nitrogens with zero attached hydrogens (tertiary/aromatic N) is 1. The second-order valence-electron chi connectivity index (χ2n) is 3.57. The van der Waals surface area contributed by atoms with Gasteiger partial charge in [-0.15, -0.1) is 0 Å². The summed E-state index contributed by atoms with van der Waals surface area (Å²) in [6, 6.07) is 9.63. The van der Waals surface area contributed by atoms with Crippen LogP contribution in [-0.4, -0.2) is 10.9 Å². The standard InChI is InChI=1S/C13H11FN2O/c14-11-5-1-2-6-12(11)16-13(17)8-10-4-3-7-15-9-10/h1-7,9H,8H2,(H,16,17). The molecule has 1 aromatic carbocycles. The summed E-state index contributed by atoms with van der Waals surface area (Å²) in [5.74, 6) is -0.699. The number of pyridine rings is 1. The van der Waals surface area contributed by atoms with Crippen molar-refractivity contribution in [3.05, 3.63) is 60.2 Å². The second kappa shape index (κ2) is 5.21. The number of halogens is 1. The highest BCUT2D eigenvalue weighted by Crippen LogP contribution is 2.12. The zero-order valence-corrected chi connectivity index (χ0v) is 9.06. The molecule has 0 atom stereocenters. The molecule has 1 amide bonds. The maximum absolute atomic E-state index is 13.3. The lowest BCUT2D eigenvalue weighted by Crippen LogP contribution is -2.15. The van der Waals surface area contributed by atoms with Crippen molar-refractivity contribution in [2.45, 2.75) is 6.42 Å². The first-order valence-corrected chi connectivity index (χ1v) is 5.19. The van der Waals surface area contributed by atoms with E-state index >= 15 is 0 Å². The maximum atomic E-state index is 13.3. The van der Waals surface area contributed by atoms with Crippen molar-refractivity contribution >= 4 is 11.6 Å². The van der Waals surface area contributed by atoms with E-state index in [-0.39, 0.29) is 18.0 Å². The van der Waals surface area contributed by atoms with E-state index in [1.165, 1.54) is 12.1 Å². The van der Waals surface area contributed by atoms with Crippen LogP contribution in [0.5, 0.6) is 0 Å². The maximum Gasteiger partial charge on any atom is 0.228 e. The Morgan fingerprint density at radius 1 is 1.24 bits per heavy atom. The molecule has 4 heteroatoms. The molecule has 0 aliphatic heterocycles. The molecule has 1 heterocycles. The van der Waals surface area contributed by atoms with E-state index in [4.69, 9.17) is 0 Å². The molecule has 2 aromatic rings. The fourth-order valence-corrected chi connectivity index (χ4v) is 1.45. The Labute approximate surface area is 98.3 Å². The minimum Gasteiger partial charge on any atom is -0.323 e. The summed E-state index contributed by atoms with van der Waals surface area (Å²) in [4.78, 5) is 15.5. The van der Waals surface area contributed by atoms with Crippen molar-refractivity contribution in [2.75, 3.05) is 5.32 Å². The first kappa shape index (κ1) is 11.3. The SMILES string of the molecule is O=C(Cc1cccnc1)Nc1ccccc1F. The van der Waals surface area contributed by atoms with Gasteiger partial charge in [-0.05, 0) is 23.8 Å². The van der Waals surface area contributed by atoms with Gasteiger partial charge in [0.15, 0.2) is 0 Å². The Kier molecular flexibility index (Phi) is 3.45. The van der Waals surface area contributed by atoms with Gasteiger partial charge >= 0.3 is 0 Å². The van der Waals surface area contributed by atoms with Gasteiger partial charge in [-0.3, -0.25) is 9.78 Å². The molecule has 0 fully saturated rings. The fraction of sp³-hybridized carbons (Fsp3) is 0.0769. The minimum absolute atomic E-state index is 0.183. The summed E-state index contributed by atoms with van der Waals surface area (Å²) in [7, 11) is 0. The molecular weight excluding hydrogens is 219 g/mol. The van der Waals surface area contributed by atoms with E-state index in [2.05, 4.69) is 10.3 Å². The Bertz CT molecular complexity index is 514. The van der Waals surface area contributed by atoms with Gasteiger partial charge in [0.05, 0.1) is 12.1 Å². The van der Waals surface area contributed by atoms with Crippen LogP contribution in [0.2, 0.25) is 0 Å². The van der Waals surface area contributed by atoms with Gasteiger partial charge in [0.2, 0.25) is 5.91 Å². The average Bonchev–Trinajstić information content (AvgIpc) is 2.33. The molecule has 86 valence electrons. The topological polar surface area (TPSA) is 42.0 Å². The van der Waals surface area contributed by atoms with Crippen LogP contribution >= 0.6 is 0 Å². The van der Waals surface area contributed by atoms with Crippen LogP contribution in [0.4, 0.5) is 10.1 Å². The van der Waals surface area contributed by atoms with Crippen molar-refractivity contribution in [2.24, 2.45) is 0 Å². The number of carbonyl (C=O) groups excluding carboxylic acids is 1. The van der Waals surface area contributed by atoms with E-state index in [1.54, 1.807) is 36.7 Å². The average molecular weight is 230 g/mol. The van der Waals surface area contributed by atoms with Gasteiger partial charge in [0.1, 0.15) is 5.82 Å². The van der Waals surface area contributed by atoms with Crippen molar-refractivity contribution in [1.82, 2.24) is 4.98 Å². The summed E-state index contributed by atoms with van der Waals surface area (Å²) in [6.07, 6.45) is 3.43. The Morgan fingerprint density at radius 3 is 2.76 bits per heavy atom. The van der Waals surface area contributed by atoms with Gasteiger partial charge in [-0.1, -0.05) is 18.2 Å². The third-order valence-electron chi connectivity index (χ3n) is 2.24. The van der Waals surface area contributed by atoms with Gasteiger partial charge in [0.25, 0.3) is 0 Å². The minimum atomic E-state index is -0.438. The first-order valence-electron chi connectivity index (χ1n) is 5.19. The Hall–Kier alpha value is -2.23. The molecule has 1 aromatic heterocycles. The smallest absolute Gasteiger partial charge is 0.228 e. The first-order chi connectivity index (χ1) is 8.25. The van der Waals surface area contributed by atoms with E-state index in [9.17, 15) is 9.18 Å². The number of benzene rings is 1. The van der Waals surface area contributed by atoms with Gasteiger partial charge in [0, 0.05) is 12.4 Å². The molecule has 0 aliphatic rings. The number of hydrogen-bond acceptors (Lipinski definition) is 2. The van der Waals surface area contributed by atoms with E-state index in [0.29, 0.717) is 0 Å². The summed E-state index contributed by atoms with van der Waals surface area (Å²) in [5, 5.41) is 2.52. The summed E-state index contributed by atoms with van der Waals surface area (Å²) < 4.78 is 13.3. The monoisotopic (exact) mass is 230 g/mol.